The minimum atomic E-state index is -0.556. The molecule has 0 unspecified atom stereocenters. The molecule has 0 aliphatic rings. The molecule has 3 rings (SSSR count). The van der Waals surface area contributed by atoms with E-state index >= 15 is 0 Å². The first kappa shape index (κ1) is 16.4. The summed E-state index contributed by atoms with van der Waals surface area (Å²) in [6.45, 7) is 0.404. The molecule has 0 bridgehead atoms. The van der Waals surface area contributed by atoms with Crippen LogP contribution in [0, 0.1) is 10.1 Å². The van der Waals surface area contributed by atoms with E-state index in [4.69, 9.17) is 4.42 Å². The van der Waals surface area contributed by atoms with Crippen LogP contribution in [0.4, 0.5) is 5.69 Å². The number of hydrogen-bond donors (Lipinski definition) is 0. The number of carbonyl (C=O) groups is 1. The lowest BCUT2D eigenvalue weighted by atomic mass is 10.1. The maximum Gasteiger partial charge on any atom is 0.282 e. The first-order valence-electron chi connectivity index (χ1n) is 7.60. The molecule has 0 radical (unpaired) electrons. The molecule has 0 saturated carbocycles. The predicted molar refractivity (Wildman–Crippen MR) is 89.6 cm³/mol. The van der Waals surface area contributed by atoms with Crippen molar-refractivity contribution in [3.05, 3.63) is 94.2 Å². The summed E-state index contributed by atoms with van der Waals surface area (Å²) in [5.41, 5.74) is 0.494. The summed E-state index contributed by atoms with van der Waals surface area (Å²) in [4.78, 5) is 29.3. The number of carbonyl (C=O) groups excluding carboxylic acids is 1. The first-order chi connectivity index (χ1) is 12.1. The van der Waals surface area contributed by atoms with Gasteiger partial charge in [-0.25, -0.2) is 0 Å². The number of nitrogens with zero attached hydrogens (tertiary/aromatic N) is 3. The number of nitro benzene ring substituents is 1. The predicted octanol–water partition coefficient (Wildman–Crippen LogP) is 3.43. The fourth-order valence-corrected chi connectivity index (χ4v) is 2.46. The summed E-state index contributed by atoms with van der Waals surface area (Å²) in [5.74, 6) is 0.136. The van der Waals surface area contributed by atoms with E-state index in [0.717, 1.165) is 0 Å². The van der Waals surface area contributed by atoms with Crippen LogP contribution in [0.15, 0.2) is 71.5 Å². The Morgan fingerprint density at radius 3 is 2.56 bits per heavy atom. The third-order valence-corrected chi connectivity index (χ3v) is 3.62. The minimum Gasteiger partial charge on any atom is -0.467 e. The number of amides is 1. The summed E-state index contributed by atoms with van der Waals surface area (Å²) < 4.78 is 5.32. The van der Waals surface area contributed by atoms with Crippen LogP contribution < -0.4 is 0 Å². The highest BCUT2D eigenvalue weighted by Gasteiger charge is 2.25. The monoisotopic (exact) mass is 337 g/mol. The van der Waals surface area contributed by atoms with Crippen LogP contribution in [0.2, 0.25) is 0 Å². The molecule has 0 aliphatic heterocycles. The Kier molecular flexibility index (Phi) is 4.84. The van der Waals surface area contributed by atoms with E-state index in [2.05, 4.69) is 4.98 Å². The molecule has 2 aromatic heterocycles. The molecular weight excluding hydrogens is 322 g/mol. The van der Waals surface area contributed by atoms with Gasteiger partial charge >= 0.3 is 0 Å². The van der Waals surface area contributed by atoms with Gasteiger partial charge in [-0.1, -0.05) is 18.2 Å². The largest absolute Gasteiger partial charge is 0.467 e. The van der Waals surface area contributed by atoms with E-state index in [9.17, 15) is 14.9 Å². The van der Waals surface area contributed by atoms with E-state index in [-0.39, 0.29) is 24.3 Å². The lowest BCUT2D eigenvalue weighted by Gasteiger charge is -2.21. The molecule has 7 heteroatoms. The van der Waals surface area contributed by atoms with E-state index in [1.807, 2.05) is 6.07 Å². The van der Waals surface area contributed by atoms with Crippen molar-refractivity contribution in [3.63, 3.8) is 0 Å². The van der Waals surface area contributed by atoms with E-state index in [1.165, 1.54) is 29.4 Å². The second-order valence-electron chi connectivity index (χ2n) is 5.34. The van der Waals surface area contributed by atoms with Crippen molar-refractivity contribution in [1.29, 1.82) is 0 Å². The molecule has 1 amide bonds. The van der Waals surface area contributed by atoms with Gasteiger partial charge in [0.25, 0.3) is 11.6 Å². The molecule has 0 fully saturated rings. The molecular formula is C18H15N3O4. The summed E-state index contributed by atoms with van der Waals surface area (Å²) in [6, 6.07) is 14.8. The average molecular weight is 337 g/mol. The quantitative estimate of drug-likeness (QED) is 0.508. The second kappa shape index (κ2) is 7.39. The van der Waals surface area contributed by atoms with Crippen LogP contribution >= 0.6 is 0 Å². The number of aromatic nitrogens is 1. The number of furan rings is 1. The van der Waals surface area contributed by atoms with Crippen LogP contribution in [-0.4, -0.2) is 20.7 Å². The molecule has 0 saturated heterocycles. The molecule has 0 N–H and O–H groups in total. The lowest BCUT2D eigenvalue weighted by Crippen LogP contribution is -2.30. The van der Waals surface area contributed by atoms with Gasteiger partial charge in [0.15, 0.2) is 0 Å². The SMILES string of the molecule is O=C(c1ccccc1[N+](=O)[O-])N(Cc1ccccn1)Cc1ccco1. The molecule has 3 aromatic rings. The Morgan fingerprint density at radius 1 is 1.08 bits per heavy atom. The first-order valence-corrected chi connectivity index (χ1v) is 7.60. The van der Waals surface area contributed by atoms with Crippen molar-refractivity contribution in [2.75, 3.05) is 0 Å². The van der Waals surface area contributed by atoms with Gasteiger partial charge < -0.3 is 9.32 Å². The van der Waals surface area contributed by atoms with Crippen molar-refractivity contribution in [2.24, 2.45) is 0 Å². The summed E-state index contributed by atoms with van der Waals surface area (Å²) in [5, 5.41) is 11.2. The van der Waals surface area contributed by atoms with E-state index < -0.39 is 10.8 Å². The minimum absolute atomic E-state index is 0.0370. The van der Waals surface area contributed by atoms with E-state index in [0.29, 0.717) is 11.5 Å². The Hall–Kier alpha value is -3.48. The number of rotatable bonds is 6. The topological polar surface area (TPSA) is 89.5 Å². The zero-order valence-electron chi connectivity index (χ0n) is 13.2. The van der Waals surface area contributed by atoms with Crippen LogP contribution in [-0.2, 0) is 13.1 Å². The molecule has 126 valence electrons. The van der Waals surface area contributed by atoms with Gasteiger partial charge in [-0.2, -0.15) is 0 Å². The van der Waals surface area contributed by atoms with Crippen molar-refractivity contribution < 1.29 is 14.1 Å². The highest BCUT2D eigenvalue weighted by molar-refractivity contribution is 5.98. The van der Waals surface area contributed by atoms with Crippen LogP contribution in [0.1, 0.15) is 21.8 Å². The summed E-state index contributed by atoms with van der Waals surface area (Å²) >= 11 is 0. The summed E-state index contributed by atoms with van der Waals surface area (Å²) in [7, 11) is 0. The van der Waals surface area contributed by atoms with Gasteiger partial charge in [0.05, 0.1) is 30.0 Å². The number of pyridine rings is 1. The van der Waals surface area contributed by atoms with Crippen LogP contribution in [0.5, 0.6) is 0 Å². The smallest absolute Gasteiger partial charge is 0.282 e. The second-order valence-corrected chi connectivity index (χ2v) is 5.34. The average Bonchev–Trinajstić information content (AvgIpc) is 3.14. The number of hydrogen-bond acceptors (Lipinski definition) is 5. The zero-order valence-corrected chi connectivity index (χ0v) is 13.2. The van der Waals surface area contributed by atoms with Gasteiger partial charge in [-0.05, 0) is 30.3 Å². The lowest BCUT2D eigenvalue weighted by molar-refractivity contribution is -0.385. The highest BCUT2D eigenvalue weighted by Crippen LogP contribution is 2.21. The fraction of sp³-hybridized carbons (Fsp3) is 0.111. The molecule has 0 atom stereocenters. The Balaban J connectivity index is 1.93. The Bertz CT molecular complexity index is 863. The maximum absolute atomic E-state index is 13.0. The van der Waals surface area contributed by atoms with Crippen molar-refractivity contribution >= 4 is 11.6 Å². The highest BCUT2D eigenvalue weighted by atomic mass is 16.6. The third-order valence-electron chi connectivity index (χ3n) is 3.62. The molecule has 2 heterocycles. The van der Waals surface area contributed by atoms with Gasteiger partial charge in [-0.15, -0.1) is 0 Å². The number of nitro groups is 1. The van der Waals surface area contributed by atoms with Gasteiger partial charge in [0.1, 0.15) is 11.3 Å². The van der Waals surface area contributed by atoms with Gasteiger partial charge in [0.2, 0.25) is 0 Å². The Morgan fingerprint density at radius 2 is 1.88 bits per heavy atom. The van der Waals surface area contributed by atoms with Crippen molar-refractivity contribution in [2.45, 2.75) is 13.1 Å². The Labute approximate surface area is 143 Å². The number of para-hydroxylation sites is 1. The number of benzene rings is 1. The van der Waals surface area contributed by atoms with Crippen LogP contribution in [0.25, 0.3) is 0 Å². The standard InChI is InChI=1S/C18H15N3O4/c22-18(16-8-1-2-9-17(16)21(23)24)20(13-15-7-5-11-25-15)12-14-6-3-4-10-19-14/h1-11H,12-13H2. The third kappa shape index (κ3) is 3.89. The summed E-state index contributed by atoms with van der Waals surface area (Å²) in [6.07, 6.45) is 3.15. The van der Waals surface area contributed by atoms with Crippen molar-refractivity contribution in [1.82, 2.24) is 9.88 Å². The maximum atomic E-state index is 13.0. The van der Waals surface area contributed by atoms with Gasteiger partial charge in [0, 0.05) is 12.3 Å². The van der Waals surface area contributed by atoms with E-state index in [1.54, 1.807) is 36.5 Å². The van der Waals surface area contributed by atoms with Crippen molar-refractivity contribution in [3.8, 4) is 0 Å². The molecule has 7 nitrogen and oxygen atoms in total. The van der Waals surface area contributed by atoms with Crippen LogP contribution in [0.3, 0.4) is 0 Å². The van der Waals surface area contributed by atoms with Gasteiger partial charge in [-0.3, -0.25) is 19.9 Å². The molecule has 1 aromatic carbocycles. The molecule has 0 spiro atoms. The molecule has 0 aliphatic carbocycles. The fourth-order valence-electron chi connectivity index (χ4n) is 2.46. The molecule has 25 heavy (non-hydrogen) atoms. The zero-order chi connectivity index (χ0) is 17.6. The normalized spacial score (nSPS) is 10.4.